The van der Waals surface area contributed by atoms with Crippen LogP contribution in [-0.2, 0) is 20.9 Å². The smallest absolute Gasteiger partial charge is 0.310 e. The van der Waals surface area contributed by atoms with Crippen molar-refractivity contribution in [2.45, 2.75) is 18.8 Å². The molecule has 1 aromatic rings. The molecule has 4 atom stereocenters. The highest BCUT2D eigenvalue weighted by atomic mass is 32.1. The Labute approximate surface area is 113 Å². The maximum absolute atomic E-state index is 12.2. The second-order valence-corrected chi connectivity index (χ2v) is 5.67. The highest BCUT2D eigenvalue weighted by Crippen LogP contribution is 2.39. The largest absolute Gasteiger partial charge is 0.481 e. The van der Waals surface area contributed by atoms with E-state index in [-0.39, 0.29) is 5.91 Å². The van der Waals surface area contributed by atoms with Crippen LogP contribution in [0.2, 0.25) is 0 Å². The van der Waals surface area contributed by atoms with Crippen molar-refractivity contribution in [1.29, 1.82) is 0 Å². The van der Waals surface area contributed by atoms with Gasteiger partial charge in [0.05, 0.1) is 24.7 Å². The topological polar surface area (TPSA) is 75.6 Å². The van der Waals surface area contributed by atoms with Crippen molar-refractivity contribution in [2.24, 2.45) is 11.8 Å². The van der Waals surface area contributed by atoms with Crippen molar-refractivity contribution in [3.8, 4) is 0 Å². The lowest BCUT2D eigenvalue weighted by molar-refractivity contribution is -0.146. The molecule has 3 heterocycles. The number of carboxylic acids is 1. The molecule has 0 saturated carbocycles. The predicted molar refractivity (Wildman–Crippen MR) is 68.6 cm³/mol. The van der Waals surface area contributed by atoms with Crippen molar-refractivity contribution >= 4 is 23.2 Å². The summed E-state index contributed by atoms with van der Waals surface area (Å²) in [5.74, 6) is -2.64. The van der Waals surface area contributed by atoms with Gasteiger partial charge in [0.1, 0.15) is 5.92 Å². The summed E-state index contributed by atoms with van der Waals surface area (Å²) in [5, 5.41) is 13.9. The van der Waals surface area contributed by atoms with E-state index in [1.165, 1.54) is 0 Å². The normalized spacial score (nSPS) is 31.6. The van der Waals surface area contributed by atoms with E-state index in [4.69, 9.17) is 4.74 Å². The SMILES string of the molecule is O=C(NCc1cccs1)[C@@H]1[C@H](C(=O)O)[C@H]2C=C[C@H]1O2. The fourth-order valence-corrected chi connectivity index (χ4v) is 3.26. The highest BCUT2D eigenvalue weighted by Gasteiger charge is 2.53. The second-order valence-electron chi connectivity index (χ2n) is 4.64. The van der Waals surface area contributed by atoms with E-state index in [1.807, 2.05) is 17.5 Å². The zero-order valence-corrected chi connectivity index (χ0v) is 10.8. The Hall–Kier alpha value is -1.66. The number of rotatable bonds is 4. The van der Waals surface area contributed by atoms with Gasteiger partial charge in [0, 0.05) is 4.88 Å². The molecule has 5 nitrogen and oxygen atoms in total. The van der Waals surface area contributed by atoms with Gasteiger partial charge in [-0.2, -0.15) is 0 Å². The van der Waals surface area contributed by atoms with Crippen LogP contribution in [0.3, 0.4) is 0 Å². The van der Waals surface area contributed by atoms with Gasteiger partial charge in [-0.15, -0.1) is 11.3 Å². The minimum absolute atomic E-state index is 0.252. The Bertz CT molecular complexity index is 525. The number of carbonyl (C=O) groups excluding carboxylic acids is 1. The fraction of sp³-hybridized carbons (Fsp3) is 0.385. The molecule has 0 radical (unpaired) electrons. The predicted octanol–water partition coefficient (Wildman–Crippen LogP) is 1.02. The number of hydrogen-bond acceptors (Lipinski definition) is 4. The van der Waals surface area contributed by atoms with Gasteiger partial charge in [-0.25, -0.2) is 0 Å². The molecule has 0 aliphatic carbocycles. The van der Waals surface area contributed by atoms with Crippen LogP contribution in [0.1, 0.15) is 4.88 Å². The zero-order chi connectivity index (χ0) is 13.4. The van der Waals surface area contributed by atoms with Gasteiger partial charge in [0.25, 0.3) is 0 Å². The summed E-state index contributed by atoms with van der Waals surface area (Å²) in [4.78, 5) is 24.5. The van der Waals surface area contributed by atoms with Crippen LogP contribution in [0, 0.1) is 11.8 Å². The molecule has 0 spiro atoms. The number of carbonyl (C=O) groups is 2. The molecule has 0 aromatic carbocycles. The van der Waals surface area contributed by atoms with Crippen LogP contribution in [0.5, 0.6) is 0 Å². The van der Waals surface area contributed by atoms with Gasteiger partial charge in [0.2, 0.25) is 5.91 Å². The number of carboxylic acid groups (broad SMARTS) is 1. The minimum Gasteiger partial charge on any atom is -0.481 e. The first-order valence-corrected chi connectivity index (χ1v) is 6.91. The van der Waals surface area contributed by atoms with Gasteiger partial charge < -0.3 is 15.2 Å². The van der Waals surface area contributed by atoms with Crippen molar-refractivity contribution < 1.29 is 19.4 Å². The van der Waals surface area contributed by atoms with E-state index in [2.05, 4.69) is 5.32 Å². The van der Waals surface area contributed by atoms with E-state index < -0.39 is 30.0 Å². The molecule has 0 unspecified atom stereocenters. The molecule has 2 aliphatic heterocycles. The standard InChI is InChI=1S/C13H13NO4S/c15-12(14-6-7-2-1-5-19-7)10-8-3-4-9(18-8)11(10)13(16)17/h1-5,8-11H,6H2,(H,14,15)(H,16,17)/t8-,9-,10+,11-/m1/s1. The summed E-state index contributed by atoms with van der Waals surface area (Å²) >= 11 is 1.55. The summed E-state index contributed by atoms with van der Waals surface area (Å²) in [6, 6.07) is 3.84. The van der Waals surface area contributed by atoms with E-state index in [0.717, 1.165) is 4.88 Å². The summed E-state index contributed by atoms with van der Waals surface area (Å²) in [7, 11) is 0. The maximum atomic E-state index is 12.2. The molecule has 1 fully saturated rings. The molecule has 1 saturated heterocycles. The Morgan fingerprint density at radius 2 is 2.05 bits per heavy atom. The van der Waals surface area contributed by atoms with Gasteiger partial charge in [-0.1, -0.05) is 18.2 Å². The molecule has 2 N–H and O–H groups in total. The molecular weight excluding hydrogens is 266 g/mol. The molecule has 100 valence electrons. The van der Waals surface area contributed by atoms with Gasteiger partial charge in [-0.05, 0) is 11.4 Å². The third-order valence-corrected chi connectivity index (χ3v) is 4.38. The third-order valence-electron chi connectivity index (χ3n) is 3.50. The van der Waals surface area contributed by atoms with Crippen molar-refractivity contribution in [3.63, 3.8) is 0 Å². The molecule has 1 aromatic heterocycles. The fourth-order valence-electron chi connectivity index (χ4n) is 2.62. The van der Waals surface area contributed by atoms with E-state index in [9.17, 15) is 14.7 Å². The summed E-state index contributed by atoms with van der Waals surface area (Å²) in [5.41, 5.74) is 0. The first-order valence-electron chi connectivity index (χ1n) is 6.03. The number of amides is 1. The number of aliphatic carboxylic acids is 1. The Kier molecular flexibility index (Phi) is 3.12. The Morgan fingerprint density at radius 1 is 1.32 bits per heavy atom. The first-order chi connectivity index (χ1) is 9.16. The van der Waals surface area contributed by atoms with Crippen LogP contribution >= 0.6 is 11.3 Å². The van der Waals surface area contributed by atoms with Crippen LogP contribution in [0.4, 0.5) is 0 Å². The van der Waals surface area contributed by atoms with Crippen molar-refractivity contribution in [3.05, 3.63) is 34.5 Å². The monoisotopic (exact) mass is 279 g/mol. The van der Waals surface area contributed by atoms with Gasteiger partial charge in [0.15, 0.2) is 0 Å². The molecule has 3 rings (SSSR count). The molecule has 2 aliphatic rings. The van der Waals surface area contributed by atoms with Gasteiger partial charge >= 0.3 is 5.97 Å². The quantitative estimate of drug-likeness (QED) is 0.807. The van der Waals surface area contributed by atoms with Crippen LogP contribution in [0.15, 0.2) is 29.7 Å². The Balaban J connectivity index is 1.68. The summed E-state index contributed by atoms with van der Waals surface area (Å²) in [6.45, 7) is 0.431. The van der Waals surface area contributed by atoms with Crippen LogP contribution in [-0.4, -0.2) is 29.2 Å². The number of fused-ring (bicyclic) bond motifs is 2. The van der Waals surface area contributed by atoms with E-state index >= 15 is 0 Å². The average Bonchev–Trinajstić information content (AvgIpc) is 3.10. The summed E-state index contributed by atoms with van der Waals surface area (Å²) in [6.07, 6.45) is 2.63. The van der Waals surface area contributed by atoms with E-state index in [0.29, 0.717) is 6.54 Å². The summed E-state index contributed by atoms with van der Waals surface area (Å²) < 4.78 is 5.47. The lowest BCUT2D eigenvalue weighted by Crippen LogP contribution is -2.42. The van der Waals surface area contributed by atoms with E-state index in [1.54, 1.807) is 23.5 Å². The molecule has 1 amide bonds. The zero-order valence-electron chi connectivity index (χ0n) is 9.98. The number of thiophene rings is 1. The lowest BCUT2D eigenvalue weighted by atomic mass is 9.82. The van der Waals surface area contributed by atoms with Crippen molar-refractivity contribution in [1.82, 2.24) is 5.32 Å². The molecular formula is C13H13NO4S. The average molecular weight is 279 g/mol. The van der Waals surface area contributed by atoms with Crippen LogP contribution in [0.25, 0.3) is 0 Å². The van der Waals surface area contributed by atoms with Gasteiger partial charge in [-0.3, -0.25) is 9.59 Å². The maximum Gasteiger partial charge on any atom is 0.310 e. The highest BCUT2D eigenvalue weighted by molar-refractivity contribution is 7.09. The van der Waals surface area contributed by atoms with Crippen LogP contribution < -0.4 is 5.32 Å². The lowest BCUT2D eigenvalue weighted by Gasteiger charge is -2.20. The number of nitrogens with one attached hydrogen (secondary N) is 1. The first kappa shape index (κ1) is 12.4. The molecule has 19 heavy (non-hydrogen) atoms. The number of ether oxygens (including phenoxy) is 1. The minimum atomic E-state index is -0.979. The second kappa shape index (κ2) is 4.79. The Morgan fingerprint density at radius 3 is 2.68 bits per heavy atom. The molecule has 2 bridgehead atoms. The van der Waals surface area contributed by atoms with Crippen molar-refractivity contribution in [2.75, 3.05) is 0 Å². The number of hydrogen-bond donors (Lipinski definition) is 2. The third kappa shape index (κ3) is 2.17. The molecule has 6 heteroatoms.